The highest BCUT2D eigenvalue weighted by atomic mass is 16.8. The number of carbonyl (C=O) groups excluding carboxylic acids is 1. The fourth-order valence-electron chi connectivity index (χ4n) is 1.66. The summed E-state index contributed by atoms with van der Waals surface area (Å²) in [7, 11) is 1.42. The Morgan fingerprint density at radius 1 is 1.79 bits per heavy atom. The average Bonchev–Trinajstić information content (AvgIpc) is 2.48. The molecule has 0 aromatic carbocycles. The van der Waals surface area contributed by atoms with Crippen molar-refractivity contribution in [3.63, 3.8) is 0 Å². The molecule has 0 aromatic heterocycles. The van der Waals surface area contributed by atoms with Crippen LogP contribution in [-0.2, 0) is 14.4 Å². The van der Waals surface area contributed by atoms with Gasteiger partial charge in [-0.15, -0.1) is 0 Å². The Balaban J connectivity index is 2.57. The molecule has 3 N–H and O–H groups in total. The molecule has 5 heteroatoms. The first-order valence-electron chi connectivity index (χ1n) is 4.79. The van der Waals surface area contributed by atoms with Crippen molar-refractivity contribution in [3.05, 3.63) is 0 Å². The number of carbonyl (C=O) groups is 1. The predicted molar refractivity (Wildman–Crippen MR) is 51.0 cm³/mol. The van der Waals surface area contributed by atoms with Gasteiger partial charge in [-0.1, -0.05) is 13.8 Å². The maximum atomic E-state index is 11.1. The van der Waals surface area contributed by atoms with Crippen LogP contribution in [0.25, 0.3) is 0 Å². The fraction of sp³-hybridized carbons (Fsp3) is 0.889. The van der Waals surface area contributed by atoms with E-state index in [9.17, 15) is 4.79 Å². The first-order chi connectivity index (χ1) is 6.50. The van der Waals surface area contributed by atoms with E-state index < -0.39 is 11.7 Å². The predicted octanol–water partition coefficient (Wildman–Crippen LogP) is 0.154. The standard InChI is InChI=1S/C9H18N2O3/c1-6(2)4-7-5-9(13-3,8(10)12)14-11-7/h6-7,11H,4-5H2,1-3H3,(H2,10,12)/t7-,9?/m0/s1. The number of rotatable bonds is 4. The van der Waals surface area contributed by atoms with E-state index in [1.54, 1.807) is 0 Å². The van der Waals surface area contributed by atoms with Gasteiger partial charge in [-0.05, 0) is 12.3 Å². The molecule has 0 radical (unpaired) electrons. The normalized spacial score (nSPS) is 32.4. The second-order valence-corrected chi connectivity index (χ2v) is 4.07. The van der Waals surface area contributed by atoms with Crippen LogP contribution in [0.3, 0.4) is 0 Å². The Morgan fingerprint density at radius 3 is 2.79 bits per heavy atom. The molecule has 0 saturated carbocycles. The largest absolute Gasteiger partial charge is 0.365 e. The Bertz CT molecular complexity index is 220. The molecular formula is C9H18N2O3. The highest BCUT2D eigenvalue weighted by Crippen LogP contribution is 2.27. The molecule has 1 saturated heterocycles. The van der Waals surface area contributed by atoms with Crippen molar-refractivity contribution >= 4 is 5.91 Å². The van der Waals surface area contributed by atoms with Crippen molar-refractivity contribution in [2.45, 2.75) is 38.5 Å². The van der Waals surface area contributed by atoms with Crippen molar-refractivity contribution in [2.75, 3.05) is 7.11 Å². The smallest absolute Gasteiger partial charge is 0.279 e. The zero-order chi connectivity index (χ0) is 10.8. The van der Waals surface area contributed by atoms with Gasteiger partial charge in [0.25, 0.3) is 11.7 Å². The van der Waals surface area contributed by atoms with Gasteiger partial charge in [0.05, 0.1) is 0 Å². The first-order valence-corrected chi connectivity index (χ1v) is 4.79. The maximum absolute atomic E-state index is 11.1. The summed E-state index contributed by atoms with van der Waals surface area (Å²) in [5.74, 6) is -1.32. The van der Waals surface area contributed by atoms with Gasteiger partial charge in [-0.2, -0.15) is 5.48 Å². The molecular weight excluding hydrogens is 184 g/mol. The third kappa shape index (κ3) is 2.23. The van der Waals surface area contributed by atoms with E-state index in [0.717, 1.165) is 6.42 Å². The SMILES string of the molecule is COC1(C(N)=O)C[C@H](CC(C)C)NO1. The molecule has 1 unspecified atom stereocenters. The number of methoxy groups -OCH3 is 1. The van der Waals surface area contributed by atoms with Crippen LogP contribution in [0.15, 0.2) is 0 Å². The fourth-order valence-corrected chi connectivity index (χ4v) is 1.66. The zero-order valence-electron chi connectivity index (χ0n) is 8.87. The molecule has 82 valence electrons. The van der Waals surface area contributed by atoms with E-state index in [0.29, 0.717) is 12.3 Å². The lowest BCUT2D eigenvalue weighted by Crippen LogP contribution is -2.45. The molecule has 0 spiro atoms. The minimum atomic E-state index is -1.28. The molecule has 1 heterocycles. The molecule has 1 amide bonds. The highest BCUT2D eigenvalue weighted by molar-refractivity contribution is 5.82. The lowest BCUT2D eigenvalue weighted by molar-refractivity contribution is -0.215. The summed E-state index contributed by atoms with van der Waals surface area (Å²) in [6.45, 7) is 4.22. The first kappa shape index (κ1) is 11.4. The molecule has 2 atom stereocenters. The Kier molecular flexibility index (Phi) is 3.47. The van der Waals surface area contributed by atoms with Crippen LogP contribution in [0, 0.1) is 5.92 Å². The third-order valence-electron chi connectivity index (χ3n) is 2.37. The van der Waals surface area contributed by atoms with E-state index in [2.05, 4.69) is 19.3 Å². The topological polar surface area (TPSA) is 73.6 Å². The number of hydroxylamine groups is 1. The zero-order valence-corrected chi connectivity index (χ0v) is 8.87. The van der Waals surface area contributed by atoms with Crippen molar-refractivity contribution in [3.8, 4) is 0 Å². The quantitative estimate of drug-likeness (QED) is 0.680. The molecule has 0 aliphatic carbocycles. The number of ether oxygens (including phenoxy) is 1. The summed E-state index contributed by atoms with van der Waals surface area (Å²) in [6.07, 6.45) is 1.40. The van der Waals surface area contributed by atoms with Gasteiger partial charge >= 0.3 is 0 Å². The molecule has 1 fully saturated rings. The summed E-state index contributed by atoms with van der Waals surface area (Å²) >= 11 is 0. The molecule has 1 aliphatic rings. The number of hydrogen-bond donors (Lipinski definition) is 2. The Morgan fingerprint density at radius 2 is 2.43 bits per heavy atom. The Hall–Kier alpha value is -0.650. The monoisotopic (exact) mass is 202 g/mol. The van der Waals surface area contributed by atoms with E-state index in [1.807, 2.05) is 0 Å². The number of amides is 1. The van der Waals surface area contributed by atoms with Crippen molar-refractivity contribution in [1.82, 2.24) is 5.48 Å². The van der Waals surface area contributed by atoms with E-state index in [1.165, 1.54) is 7.11 Å². The van der Waals surface area contributed by atoms with Crippen LogP contribution in [0.2, 0.25) is 0 Å². The molecule has 5 nitrogen and oxygen atoms in total. The van der Waals surface area contributed by atoms with E-state index in [4.69, 9.17) is 15.3 Å². The van der Waals surface area contributed by atoms with Gasteiger partial charge in [-0.3, -0.25) is 9.63 Å². The van der Waals surface area contributed by atoms with E-state index >= 15 is 0 Å². The maximum Gasteiger partial charge on any atom is 0.279 e. The van der Waals surface area contributed by atoms with Gasteiger partial charge in [0.1, 0.15) is 0 Å². The minimum absolute atomic E-state index is 0.127. The van der Waals surface area contributed by atoms with Gasteiger partial charge in [0.15, 0.2) is 0 Å². The van der Waals surface area contributed by atoms with Crippen LogP contribution in [0.5, 0.6) is 0 Å². The second kappa shape index (κ2) is 4.25. The lowest BCUT2D eigenvalue weighted by Gasteiger charge is -2.20. The summed E-state index contributed by atoms with van der Waals surface area (Å²) < 4.78 is 5.01. The average molecular weight is 202 g/mol. The summed E-state index contributed by atoms with van der Waals surface area (Å²) in [4.78, 5) is 16.2. The van der Waals surface area contributed by atoms with Crippen LogP contribution < -0.4 is 11.2 Å². The van der Waals surface area contributed by atoms with Gasteiger partial charge in [0, 0.05) is 19.6 Å². The summed E-state index contributed by atoms with van der Waals surface area (Å²) in [6, 6.07) is 0.127. The number of primary amides is 1. The molecule has 1 rings (SSSR count). The number of nitrogens with two attached hydrogens (primary N) is 1. The Labute approximate surface area is 83.9 Å². The van der Waals surface area contributed by atoms with Crippen LogP contribution in [-0.4, -0.2) is 24.8 Å². The van der Waals surface area contributed by atoms with Crippen molar-refractivity contribution in [1.29, 1.82) is 0 Å². The minimum Gasteiger partial charge on any atom is -0.365 e. The van der Waals surface area contributed by atoms with Gasteiger partial charge < -0.3 is 10.5 Å². The molecule has 14 heavy (non-hydrogen) atoms. The third-order valence-corrected chi connectivity index (χ3v) is 2.37. The lowest BCUT2D eigenvalue weighted by atomic mass is 9.98. The van der Waals surface area contributed by atoms with Crippen LogP contribution >= 0.6 is 0 Å². The van der Waals surface area contributed by atoms with Crippen LogP contribution in [0.1, 0.15) is 26.7 Å². The molecule has 0 aromatic rings. The van der Waals surface area contributed by atoms with Crippen LogP contribution in [0.4, 0.5) is 0 Å². The molecule has 0 bridgehead atoms. The van der Waals surface area contributed by atoms with E-state index in [-0.39, 0.29) is 6.04 Å². The second-order valence-electron chi connectivity index (χ2n) is 4.07. The van der Waals surface area contributed by atoms with Crippen molar-refractivity contribution < 1.29 is 14.4 Å². The van der Waals surface area contributed by atoms with Gasteiger partial charge in [0.2, 0.25) is 0 Å². The number of nitrogens with one attached hydrogen (secondary N) is 1. The highest BCUT2D eigenvalue weighted by Gasteiger charge is 2.46. The van der Waals surface area contributed by atoms with Gasteiger partial charge in [-0.25, -0.2) is 0 Å². The molecule has 1 aliphatic heterocycles. The van der Waals surface area contributed by atoms with Crippen molar-refractivity contribution in [2.24, 2.45) is 11.7 Å². The summed E-state index contributed by atoms with van der Waals surface area (Å²) in [5, 5.41) is 0. The number of hydrogen-bond acceptors (Lipinski definition) is 4. The summed E-state index contributed by atoms with van der Waals surface area (Å²) in [5.41, 5.74) is 7.99.